The van der Waals surface area contributed by atoms with Gasteiger partial charge in [0.15, 0.2) is 0 Å². The average Bonchev–Trinajstić information content (AvgIpc) is 3.40. The maximum Gasteiger partial charge on any atom is 0.220 e. The van der Waals surface area contributed by atoms with Crippen molar-refractivity contribution < 1.29 is 15.0 Å². The van der Waals surface area contributed by atoms with Crippen molar-refractivity contribution in [3.8, 4) is 0 Å². The van der Waals surface area contributed by atoms with E-state index in [-0.39, 0.29) is 12.5 Å². The van der Waals surface area contributed by atoms with Crippen LogP contribution in [0.25, 0.3) is 0 Å². The number of carbonyl (C=O) groups excluding carboxylic acids is 1. The highest BCUT2D eigenvalue weighted by Gasteiger charge is 2.20. The molecule has 4 nitrogen and oxygen atoms in total. The molecule has 424 valence electrons. The molecule has 2 unspecified atom stereocenters. The second kappa shape index (κ2) is 63.9. The molecule has 0 fully saturated rings. The van der Waals surface area contributed by atoms with Crippen LogP contribution in [0.4, 0.5) is 0 Å². The first-order valence-electron chi connectivity index (χ1n) is 32.3. The molecule has 0 aromatic heterocycles. The number of unbranched alkanes of at least 4 members (excludes halogenated alkanes) is 38. The lowest BCUT2D eigenvalue weighted by molar-refractivity contribution is -0.123. The molecule has 2 atom stereocenters. The third kappa shape index (κ3) is 60.3. The second-order valence-corrected chi connectivity index (χ2v) is 21.8. The number of aliphatic hydroxyl groups is 2. The summed E-state index contributed by atoms with van der Waals surface area (Å²) in [5.41, 5.74) is 0. The molecule has 0 rings (SSSR count). The first-order valence-corrected chi connectivity index (χ1v) is 32.3. The number of hydrogen-bond donors (Lipinski definition) is 3. The largest absolute Gasteiger partial charge is 0.394 e. The lowest BCUT2D eigenvalue weighted by atomic mass is 10.0. The Morgan fingerprint density at radius 2 is 0.603 bits per heavy atom. The molecule has 3 N–H and O–H groups in total. The molecular weight excluding hydrogens is 891 g/mol. The van der Waals surface area contributed by atoms with Gasteiger partial charge in [0, 0.05) is 6.42 Å². The van der Waals surface area contributed by atoms with E-state index < -0.39 is 12.1 Å². The standard InChI is InChI=1S/C69H125NO3/c1-3-5-7-9-11-13-15-17-19-21-23-25-27-29-31-33-35-37-39-41-43-45-47-49-51-53-55-57-59-61-63-65-69(73)70-67(66-71)68(72)64-62-60-58-56-54-52-50-48-46-44-42-40-38-36-34-32-30-28-26-24-22-20-18-16-14-12-10-8-6-4-2/h5,7,11,13,17,19,23,25,29,31,35,37,41,43,67-68,71-72H,3-4,6,8-10,12,14-16,18,20-22,24,26-28,30,32-34,36,38-40,42,44-66H2,1-2H3,(H,70,73)/b7-5-,13-11-,19-17-,25-23-,31-29-,37-35-,43-41-. The molecule has 0 aromatic rings. The Morgan fingerprint density at radius 1 is 0.342 bits per heavy atom. The van der Waals surface area contributed by atoms with Crippen LogP contribution in [0.1, 0.15) is 328 Å². The predicted octanol–water partition coefficient (Wildman–Crippen LogP) is 21.9. The SMILES string of the molecule is CC/C=C\C/C=C\C/C=C\C/C=C\C/C=C\C/C=C\C/C=C\CCCCCCCCCCCC(=O)NC(CO)C(O)CCCCCCCCCCCCCCCCCCCCCCCCCCCCCCCC. The van der Waals surface area contributed by atoms with Crippen LogP contribution in [0.3, 0.4) is 0 Å². The van der Waals surface area contributed by atoms with Gasteiger partial charge in [0.1, 0.15) is 0 Å². The van der Waals surface area contributed by atoms with Gasteiger partial charge in [0.25, 0.3) is 0 Å². The van der Waals surface area contributed by atoms with E-state index in [1.807, 2.05) is 0 Å². The summed E-state index contributed by atoms with van der Waals surface area (Å²) >= 11 is 0. The third-order valence-corrected chi connectivity index (χ3v) is 14.7. The minimum Gasteiger partial charge on any atom is -0.394 e. The zero-order valence-corrected chi connectivity index (χ0v) is 48.9. The Bertz CT molecular complexity index is 1290. The van der Waals surface area contributed by atoms with Gasteiger partial charge in [0.2, 0.25) is 5.91 Å². The van der Waals surface area contributed by atoms with Gasteiger partial charge in [-0.05, 0) is 70.6 Å². The Hall–Kier alpha value is -2.43. The van der Waals surface area contributed by atoms with Gasteiger partial charge >= 0.3 is 0 Å². The summed E-state index contributed by atoms with van der Waals surface area (Å²) in [6.07, 6.45) is 93.2. The normalized spacial score (nSPS) is 13.3. The van der Waals surface area contributed by atoms with E-state index in [0.29, 0.717) is 12.8 Å². The highest BCUT2D eigenvalue weighted by Crippen LogP contribution is 2.18. The van der Waals surface area contributed by atoms with Crippen molar-refractivity contribution in [3.63, 3.8) is 0 Å². The number of rotatable bonds is 59. The lowest BCUT2D eigenvalue weighted by Crippen LogP contribution is -2.45. The van der Waals surface area contributed by atoms with Gasteiger partial charge < -0.3 is 15.5 Å². The van der Waals surface area contributed by atoms with Crippen molar-refractivity contribution in [2.45, 2.75) is 341 Å². The first-order chi connectivity index (χ1) is 36.2. The van der Waals surface area contributed by atoms with Crippen LogP contribution in [-0.4, -0.2) is 34.9 Å². The van der Waals surface area contributed by atoms with E-state index >= 15 is 0 Å². The van der Waals surface area contributed by atoms with E-state index in [2.05, 4.69) is 104 Å². The number of aliphatic hydroxyl groups excluding tert-OH is 2. The van der Waals surface area contributed by atoms with Crippen LogP contribution in [0.5, 0.6) is 0 Å². The Labute approximate surface area is 456 Å². The zero-order valence-electron chi connectivity index (χ0n) is 48.9. The minimum atomic E-state index is -0.669. The maximum absolute atomic E-state index is 12.5. The fraction of sp³-hybridized carbons (Fsp3) is 0.783. The summed E-state index contributed by atoms with van der Waals surface area (Å²) in [6, 6.07) is -0.547. The number of allylic oxidation sites excluding steroid dienone is 14. The zero-order chi connectivity index (χ0) is 52.7. The molecular formula is C69H125NO3. The monoisotopic (exact) mass is 1020 g/mol. The molecule has 0 saturated heterocycles. The number of nitrogens with one attached hydrogen (secondary N) is 1. The predicted molar refractivity (Wildman–Crippen MR) is 327 cm³/mol. The van der Waals surface area contributed by atoms with Crippen LogP contribution in [-0.2, 0) is 4.79 Å². The van der Waals surface area contributed by atoms with Crippen molar-refractivity contribution in [2.24, 2.45) is 0 Å². The van der Waals surface area contributed by atoms with Gasteiger partial charge in [-0.1, -0.05) is 336 Å². The van der Waals surface area contributed by atoms with Crippen LogP contribution < -0.4 is 5.32 Å². The quantitative estimate of drug-likeness (QED) is 0.0420. The summed E-state index contributed by atoms with van der Waals surface area (Å²) in [6.45, 7) is 4.27. The van der Waals surface area contributed by atoms with E-state index in [9.17, 15) is 15.0 Å². The lowest BCUT2D eigenvalue weighted by Gasteiger charge is -2.22. The second-order valence-electron chi connectivity index (χ2n) is 21.8. The number of hydrogen-bond acceptors (Lipinski definition) is 3. The molecule has 0 aliphatic heterocycles. The third-order valence-electron chi connectivity index (χ3n) is 14.7. The van der Waals surface area contributed by atoms with E-state index in [4.69, 9.17) is 0 Å². The van der Waals surface area contributed by atoms with Gasteiger partial charge in [-0.3, -0.25) is 4.79 Å². The molecule has 0 bridgehead atoms. The fourth-order valence-corrected chi connectivity index (χ4v) is 9.82. The van der Waals surface area contributed by atoms with Gasteiger partial charge in [0.05, 0.1) is 18.8 Å². The maximum atomic E-state index is 12.5. The van der Waals surface area contributed by atoms with Gasteiger partial charge in [-0.15, -0.1) is 0 Å². The summed E-state index contributed by atoms with van der Waals surface area (Å²) in [5.74, 6) is -0.0368. The van der Waals surface area contributed by atoms with Crippen molar-refractivity contribution >= 4 is 5.91 Å². The molecule has 0 heterocycles. The Balaban J connectivity index is 3.49. The molecule has 0 aliphatic rings. The van der Waals surface area contributed by atoms with Crippen LogP contribution in [0.15, 0.2) is 85.1 Å². The molecule has 0 saturated carbocycles. The molecule has 1 amide bonds. The fourth-order valence-electron chi connectivity index (χ4n) is 9.82. The first kappa shape index (κ1) is 70.6. The van der Waals surface area contributed by atoms with Crippen LogP contribution in [0.2, 0.25) is 0 Å². The molecule has 0 radical (unpaired) electrons. The topological polar surface area (TPSA) is 69.6 Å². The van der Waals surface area contributed by atoms with Crippen molar-refractivity contribution in [1.82, 2.24) is 5.32 Å². The summed E-state index contributed by atoms with van der Waals surface area (Å²) in [7, 11) is 0. The van der Waals surface area contributed by atoms with E-state index in [1.165, 1.54) is 231 Å². The number of carbonyl (C=O) groups is 1. The van der Waals surface area contributed by atoms with E-state index in [1.54, 1.807) is 0 Å². The number of amides is 1. The molecule has 0 aromatic carbocycles. The van der Waals surface area contributed by atoms with Crippen molar-refractivity contribution in [3.05, 3.63) is 85.1 Å². The summed E-state index contributed by atoms with van der Waals surface area (Å²) in [4.78, 5) is 12.5. The average molecular weight is 1020 g/mol. The van der Waals surface area contributed by atoms with E-state index in [0.717, 1.165) is 70.6 Å². The summed E-state index contributed by atoms with van der Waals surface area (Å²) < 4.78 is 0. The minimum absolute atomic E-state index is 0.0368. The molecule has 0 aliphatic carbocycles. The molecule has 73 heavy (non-hydrogen) atoms. The van der Waals surface area contributed by atoms with Gasteiger partial charge in [-0.2, -0.15) is 0 Å². The molecule has 4 heteroatoms. The summed E-state index contributed by atoms with van der Waals surface area (Å²) in [5, 5.41) is 23.4. The van der Waals surface area contributed by atoms with Crippen molar-refractivity contribution in [1.29, 1.82) is 0 Å². The van der Waals surface area contributed by atoms with Gasteiger partial charge in [-0.25, -0.2) is 0 Å². The smallest absolute Gasteiger partial charge is 0.220 e. The Morgan fingerprint density at radius 3 is 0.904 bits per heavy atom. The van der Waals surface area contributed by atoms with Crippen molar-refractivity contribution in [2.75, 3.05) is 6.61 Å². The van der Waals surface area contributed by atoms with Crippen LogP contribution >= 0.6 is 0 Å². The Kier molecular flexibility index (Phi) is 61.7. The van der Waals surface area contributed by atoms with Crippen LogP contribution in [0, 0.1) is 0 Å². The molecule has 0 spiro atoms. The highest BCUT2D eigenvalue weighted by atomic mass is 16.3. The highest BCUT2D eigenvalue weighted by molar-refractivity contribution is 5.76.